The second kappa shape index (κ2) is 4.37. The summed E-state index contributed by atoms with van der Waals surface area (Å²) >= 11 is 0. The average Bonchev–Trinajstić information content (AvgIpc) is 2.25. The lowest BCUT2D eigenvalue weighted by atomic mass is 9.97. The Morgan fingerprint density at radius 1 is 1.41 bits per heavy atom. The number of carbonyl (C=O) groups is 2. The number of Topliss-reactive ketones (excluding diaryl/α,β-unsaturated/α-hetero) is 1. The molecule has 0 atom stereocenters. The van der Waals surface area contributed by atoms with Gasteiger partial charge in [-0.05, 0) is 19.1 Å². The molecule has 0 aromatic heterocycles. The smallest absolute Gasteiger partial charge is 0.298 e. The monoisotopic (exact) mass is 241 g/mol. The molecular formula is C11H6F3NO2. The Morgan fingerprint density at radius 2 is 2.00 bits per heavy atom. The number of hydrogen-bond donors (Lipinski definition) is 0. The van der Waals surface area contributed by atoms with E-state index in [9.17, 15) is 22.8 Å². The summed E-state index contributed by atoms with van der Waals surface area (Å²) < 4.78 is 37.9. The quantitative estimate of drug-likeness (QED) is 0.590. The first-order chi connectivity index (χ1) is 7.81. The van der Waals surface area contributed by atoms with E-state index in [1.165, 1.54) is 6.07 Å². The van der Waals surface area contributed by atoms with Crippen molar-refractivity contribution in [1.29, 1.82) is 5.26 Å². The highest BCUT2D eigenvalue weighted by atomic mass is 19.4. The summed E-state index contributed by atoms with van der Waals surface area (Å²) in [6, 6.07) is 2.88. The number of nitrogens with zero attached hydrogens (tertiary/aromatic N) is 1. The van der Waals surface area contributed by atoms with E-state index in [1.54, 1.807) is 0 Å². The third-order valence-electron chi connectivity index (χ3n) is 2.12. The third kappa shape index (κ3) is 2.50. The molecule has 0 spiro atoms. The van der Waals surface area contributed by atoms with E-state index < -0.39 is 28.6 Å². The molecule has 6 heteroatoms. The number of nitriles is 1. The molecule has 0 unspecified atom stereocenters. The van der Waals surface area contributed by atoms with E-state index in [1.807, 2.05) is 0 Å². The number of rotatable bonds is 2. The molecule has 0 amide bonds. The number of aldehydes is 1. The number of benzene rings is 1. The Morgan fingerprint density at radius 3 is 2.35 bits per heavy atom. The van der Waals surface area contributed by atoms with Crippen molar-refractivity contribution in [3.63, 3.8) is 0 Å². The summed E-state index contributed by atoms with van der Waals surface area (Å²) in [5, 5.41) is 8.63. The second-order valence-corrected chi connectivity index (χ2v) is 3.27. The summed E-state index contributed by atoms with van der Waals surface area (Å²) in [6.45, 7) is 1.08. The van der Waals surface area contributed by atoms with E-state index in [4.69, 9.17) is 5.26 Å². The number of halogens is 3. The van der Waals surface area contributed by atoms with Crippen LogP contribution in [0.15, 0.2) is 12.1 Å². The van der Waals surface area contributed by atoms with Crippen LogP contribution in [0.2, 0.25) is 0 Å². The fraction of sp³-hybridized carbons (Fsp3) is 0.182. The molecule has 1 rings (SSSR count). The zero-order valence-corrected chi connectivity index (χ0v) is 8.63. The molecular weight excluding hydrogens is 235 g/mol. The maximum absolute atomic E-state index is 12.6. The lowest BCUT2D eigenvalue weighted by molar-refractivity contribution is -0.137. The second-order valence-electron chi connectivity index (χ2n) is 3.27. The maximum atomic E-state index is 12.6. The van der Waals surface area contributed by atoms with Crippen molar-refractivity contribution >= 4 is 12.1 Å². The summed E-state index contributed by atoms with van der Waals surface area (Å²) in [7, 11) is 0. The Kier molecular flexibility index (Phi) is 3.32. The first-order valence-electron chi connectivity index (χ1n) is 4.42. The Bertz CT molecular complexity index is 527. The molecule has 0 aliphatic heterocycles. The van der Waals surface area contributed by atoms with Gasteiger partial charge in [0.25, 0.3) is 0 Å². The minimum Gasteiger partial charge on any atom is -0.298 e. The fourth-order valence-corrected chi connectivity index (χ4v) is 1.31. The zero-order chi connectivity index (χ0) is 13.2. The van der Waals surface area contributed by atoms with Gasteiger partial charge in [-0.3, -0.25) is 9.59 Å². The largest absolute Gasteiger partial charge is 0.417 e. The molecule has 0 aliphatic rings. The highest BCUT2D eigenvalue weighted by Gasteiger charge is 2.35. The molecule has 1 aromatic rings. The molecule has 3 nitrogen and oxygen atoms in total. The van der Waals surface area contributed by atoms with Crippen molar-refractivity contribution in [1.82, 2.24) is 0 Å². The van der Waals surface area contributed by atoms with Crippen molar-refractivity contribution < 1.29 is 22.8 Å². The van der Waals surface area contributed by atoms with Crippen LogP contribution in [0, 0.1) is 11.3 Å². The lowest BCUT2D eigenvalue weighted by Crippen LogP contribution is -2.12. The van der Waals surface area contributed by atoms with Crippen molar-refractivity contribution in [3.8, 4) is 6.07 Å². The zero-order valence-electron chi connectivity index (χ0n) is 8.63. The van der Waals surface area contributed by atoms with Crippen molar-refractivity contribution in [2.45, 2.75) is 13.1 Å². The molecule has 0 bridgehead atoms. The van der Waals surface area contributed by atoms with Crippen LogP contribution in [0.1, 0.15) is 38.8 Å². The molecule has 0 saturated carbocycles. The Balaban J connectivity index is 3.67. The van der Waals surface area contributed by atoms with E-state index in [0.717, 1.165) is 13.0 Å². The maximum Gasteiger partial charge on any atom is 0.417 e. The number of alkyl halides is 3. The van der Waals surface area contributed by atoms with Gasteiger partial charge in [-0.2, -0.15) is 18.4 Å². The van der Waals surface area contributed by atoms with Crippen molar-refractivity contribution in [2.75, 3.05) is 0 Å². The molecule has 1 aromatic carbocycles. The SMILES string of the molecule is CC(=O)c1cc(C=O)c(C#N)c(C(F)(F)F)c1. The van der Waals surface area contributed by atoms with E-state index in [0.29, 0.717) is 6.07 Å². The van der Waals surface area contributed by atoms with E-state index in [-0.39, 0.29) is 11.8 Å². The highest BCUT2D eigenvalue weighted by molar-refractivity contribution is 5.96. The molecule has 0 fully saturated rings. The molecule has 0 radical (unpaired) electrons. The van der Waals surface area contributed by atoms with Crippen LogP contribution in [-0.4, -0.2) is 12.1 Å². The van der Waals surface area contributed by atoms with Gasteiger partial charge in [0.1, 0.15) is 6.07 Å². The number of ketones is 1. The third-order valence-corrected chi connectivity index (χ3v) is 2.12. The standard InChI is InChI=1S/C11H6F3NO2/c1-6(17)7-2-8(5-16)9(4-15)10(3-7)11(12,13)14/h2-3,5H,1H3. The van der Waals surface area contributed by atoms with Crippen molar-refractivity contribution in [3.05, 3.63) is 34.4 Å². The first-order valence-corrected chi connectivity index (χ1v) is 4.42. The molecule has 0 aliphatic carbocycles. The topological polar surface area (TPSA) is 57.9 Å². The molecule has 88 valence electrons. The minimum atomic E-state index is -4.78. The predicted octanol–water partition coefficient (Wildman–Crippen LogP) is 2.59. The van der Waals surface area contributed by atoms with Gasteiger partial charge < -0.3 is 0 Å². The van der Waals surface area contributed by atoms with Crippen LogP contribution in [-0.2, 0) is 6.18 Å². The average molecular weight is 241 g/mol. The van der Waals surface area contributed by atoms with Crippen LogP contribution >= 0.6 is 0 Å². The van der Waals surface area contributed by atoms with Crippen LogP contribution in [0.4, 0.5) is 13.2 Å². The van der Waals surface area contributed by atoms with Crippen LogP contribution in [0.3, 0.4) is 0 Å². The van der Waals surface area contributed by atoms with Gasteiger partial charge in [0.2, 0.25) is 0 Å². The van der Waals surface area contributed by atoms with E-state index >= 15 is 0 Å². The molecule has 17 heavy (non-hydrogen) atoms. The van der Waals surface area contributed by atoms with Gasteiger partial charge in [0.05, 0.1) is 11.1 Å². The fourth-order valence-electron chi connectivity index (χ4n) is 1.31. The summed E-state index contributed by atoms with van der Waals surface area (Å²) in [6.07, 6.45) is -4.66. The van der Waals surface area contributed by atoms with Gasteiger partial charge in [-0.25, -0.2) is 0 Å². The van der Waals surface area contributed by atoms with Crippen LogP contribution in [0.25, 0.3) is 0 Å². The minimum absolute atomic E-state index is 0.125. The molecule has 0 N–H and O–H groups in total. The van der Waals surface area contributed by atoms with Gasteiger partial charge in [-0.1, -0.05) is 0 Å². The normalized spacial score (nSPS) is 10.8. The summed E-state index contributed by atoms with van der Waals surface area (Å²) in [4.78, 5) is 21.6. The lowest BCUT2D eigenvalue weighted by Gasteiger charge is -2.11. The van der Waals surface area contributed by atoms with Gasteiger partial charge >= 0.3 is 6.18 Å². The summed E-state index contributed by atoms with van der Waals surface area (Å²) in [5.74, 6) is -0.608. The van der Waals surface area contributed by atoms with E-state index in [2.05, 4.69) is 0 Å². The first kappa shape index (κ1) is 12.9. The van der Waals surface area contributed by atoms with Crippen molar-refractivity contribution in [2.24, 2.45) is 0 Å². The number of hydrogen-bond acceptors (Lipinski definition) is 3. The Hall–Kier alpha value is -2.16. The Labute approximate surface area is 94.5 Å². The van der Waals surface area contributed by atoms with Crippen LogP contribution < -0.4 is 0 Å². The van der Waals surface area contributed by atoms with Crippen LogP contribution in [0.5, 0.6) is 0 Å². The van der Waals surface area contributed by atoms with Gasteiger partial charge in [-0.15, -0.1) is 0 Å². The molecule has 0 saturated heterocycles. The van der Waals surface area contributed by atoms with Gasteiger partial charge in [0.15, 0.2) is 12.1 Å². The number of carbonyl (C=O) groups excluding carboxylic acids is 2. The van der Waals surface area contributed by atoms with Gasteiger partial charge in [0, 0.05) is 11.1 Å². The summed E-state index contributed by atoms with van der Waals surface area (Å²) in [5.41, 5.74) is -2.72. The molecule has 0 heterocycles. The predicted molar refractivity (Wildman–Crippen MR) is 51.6 cm³/mol. The highest BCUT2D eigenvalue weighted by Crippen LogP contribution is 2.33.